The van der Waals surface area contributed by atoms with Gasteiger partial charge in [0.15, 0.2) is 5.76 Å². The van der Waals surface area contributed by atoms with Gasteiger partial charge in [0.1, 0.15) is 17.3 Å². The molecule has 0 saturated carbocycles. The molecular weight excluding hydrogens is 383 g/mol. The van der Waals surface area contributed by atoms with Crippen LogP contribution in [0, 0.1) is 5.82 Å². The quantitative estimate of drug-likeness (QED) is 0.584. The number of nitrogens with zero attached hydrogens (tertiary/aromatic N) is 2. The average Bonchev–Trinajstić information content (AvgIpc) is 3.12. The lowest BCUT2D eigenvalue weighted by Crippen LogP contribution is -2.36. The van der Waals surface area contributed by atoms with Gasteiger partial charge in [-0.15, -0.1) is 0 Å². The van der Waals surface area contributed by atoms with Crippen LogP contribution >= 0.6 is 0 Å². The first-order valence-corrected chi connectivity index (χ1v) is 10.3. The molecule has 30 heavy (non-hydrogen) atoms. The fourth-order valence-electron chi connectivity index (χ4n) is 3.93. The Labute approximate surface area is 175 Å². The molecular formula is C24H25FN2O3. The van der Waals surface area contributed by atoms with E-state index in [0.717, 1.165) is 48.3 Å². The number of benzene rings is 2. The molecule has 1 fully saturated rings. The SMILES string of the molecule is COc1ccc(CC(=O)N2CCCCC[C@H]2c2cc(-c3ccc(F)cc3)on2)cc1. The first-order chi connectivity index (χ1) is 14.6. The topological polar surface area (TPSA) is 55.6 Å². The normalized spacial score (nSPS) is 16.9. The number of ether oxygens (including phenoxy) is 1. The standard InChI is InChI=1S/C24H25FN2O3/c1-29-20-12-6-17(7-13-20)15-24(28)27-14-4-2-3-5-22(27)21-16-23(30-26-21)18-8-10-19(25)11-9-18/h6-13,16,22H,2-5,14-15H2,1H3/t22-/m0/s1. The lowest BCUT2D eigenvalue weighted by atomic mass is 10.0. The van der Waals surface area contributed by atoms with Crippen molar-refractivity contribution in [2.45, 2.75) is 38.1 Å². The Kier molecular flexibility index (Phi) is 6.12. The highest BCUT2D eigenvalue weighted by Gasteiger charge is 2.29. The third-order valence-corrected chi connectivity index (χ3v) is 5.59. The van der Waals surface area contributed by atoms with Gasteiger partial charge in [-0.3, -0.25) is 4.79 Å². The summed E-state index contributed by atoms with van der Waals surface area (Å²) in [6, 6.07) is 15.5. The fourth-order valence-corrected chi connectivity index (χ4v) is 3.93. The van der Waals surface area contributed by atoms with Crippen LogP contribution in [0.25, 0.3) is 11.3 Å². The number of amides is 1. The summed E-state index contributed by atoms with van der Waals surface area (Å²) in [7, 11) is 1.63. The Balaban J connectivity index is 1.54. The van der Waals surface area contributed by atoms with E-state index in [2.05, 4.69) is 5.16 Å². The Morgan fingerprint density at radius 3 is 2.63 bits per heavy atom. The molecule has 1 atom stereocenters. The fraction of sp³-hybridized carbons (Fsp3) is 0.333. The molecule has 2 aromatic carbocycles. The molecule has 4 rings (SSSR count). The predicted molar refractivity (Wildman–Crippen MR) is 112 cm³/mol. The van der Waals surface area contributed by atoms with E-state index in [-0.39, 0.29) is 17.8 Å². The summed E-state index contributed by atoms with van der Waals surface area (Å²) in [6.07, 6.45) is 4.29. The molecule has 1 aromatic heterocycles. The maximum atomic E-state index is 13.2. The zero-order valence-electron chi connectivity index (χ0n) is 17.0. The molecule has 1 saturated heterocycles. The van der Waals surface area contributed by atoms with Crippen molar-refractivity contribution in [2.75, 3.05) is 13.7 Å². The lowest BCUT2D eigenvalue weighted by molar-refractivity contribution is -0.133. The van der Waals surface area contributed by atoms with Crippen LogP contribution in [0.15, 0.2) is 59.1 Å². The van der Waals surface area contributed by atoms with E-state index >= 15 is 0 Å². The van der Waals surface area contributed by atoms with Gasteiger partial charge >= 0.3 is 0 Å². The highest BCUT2D eigenvalue weighted by atomic mass is 19.1. The first-order valence-electron chi connectivity index (χ1n) is 10.3. The highest BCUT2D eigenvalue weighted by Crippen LogP contribution is 2.32. The van der Waals surface area contributed by atoms with E-state index in [1.165, 1.54) is 12.1 Å². The number of rotatable bonds is 5. The van der Waals surface area contributed by atoms with Crippen molar-refractivity contribution in [3.05, 3.63) is 71.7 Å². The molecule has 1 aliphatic rings. The predicted octanol–water partition coefficient (Wildman–Crippen LogP) is 5.18. The highest BCUT2D eigenvalue weighted by molar-refractivity contribution is 5.79. The van der Waals surface area contributed by atoms with Crippen LogP contribution in [0.3, 0.4) is 0 Å². The molecule has 0 bridgehead atoms. The van der Waals surface area contributed by atoms with Gasteiger partial charge in [-0.1, -0.05) is 30.1 Å². The number of carbonyl (C=O) groups excluding carboxylic acids is 1. The summed E-state index contributed by atoms with van der Waals surface area (Å²) in [5.74, 6) is 1.14. The van der Waals surface area contributed by atoms with E-state index in [0.29, 0.717) is 18.7 Å². The number of halogens is 1. The van der Waals surface area contributed by atoms with Crippen molar-refractivity contribution in [1.82, 2.24) is 10.1 Å². The molecule has 0 N–H and O–H groups in total. The van der Waals surface area contributed by atoms with Crippen molar-refractivity contribution in [3.8, 4) is 17.1 Å². The molecule has 1 amide bonds. The largest absolute Gasteiger partial charge is 0.497 e. The van der Waals surface area contributed by atoms with E-state index in [1.54, 1.807) is 19.2 Å². The zero-order chi connectivity index (χ0) is 20.9. The van der Waals surface area contributed by atoms with E-state index in [1.807, 2.05) is 35.2 Å². The zero-order valence-corrected chi connectivity index (χ0v) is 17.0. The molecule has 6 heteroatoms. The van der Waals surface area contributed by atoms with Crippen molar-refractivity contribution < 1.29 is 18.4 Å². The monoisotopic (exact) mass is 408 g/mol. The van der Waals surface area contributed by atoms with Crippen molar-refractivity contribution in [3.63, 3.8) is 0 Å². The summed E-state index contributed by atoms with van der Waals surface area (Å²) in [5.41, 5.74) is 2.47. The van der Waals surface area contributed by atoms with Crippen LogP contribution < -0.4 is 4.74 Å². The second kappa shape index (κ2) is 9.11. The molecule has 2 heterocycles. The summed E-state index contributed by atoms with van der Waals surface area (Å²) in [6.45, 7) is 0.707. The van der Waals surface area contributed by atoms with E-state index in [4.69, 9.17) is 9.26 Å². The Morgan fingerprint density at radius 2 is 1.90 bits per heavy atom. The van der Waals surface area contributed by atoms with E-state index in [9.17, 15) is 9.18 Å². The van der Waals surface area contributed by atoms with Crippen LogP contribution in [-0.2, 0) is 11.2 Å². The van der Waals surface area contributed by atoms with Gasteiger partial charge in [-0.05, 0) is 54.8 Å². The Hall–Kier alpha value is -3.15. The number of aromatic nitrogens is 1. The van der Waals surface area contributed by atoms with E-state index < -0.39 is 0 Å². The van der Waals surface area contributed by atoms with Gasteiger partial charge in [-0.2, -0.15) is 0 Å². The van der Waals surface area contributed by atoms with Crippen LogP contribution in [0.4, 0.5) is 4.39 Å². The average molecular weight is 408 g/mol. The molecule has 5 nitrogen and oxygen atoms in total. The Morgan fingerprint density at radius 1 is 1.13 bits per heavy atom. The molecule has 0 radical (unpaired) electrons. The van der Waals surface area contributed by atoms with Gasteiger partial charge in [-0.25, -0.2) is 4.39 Å². The van der Waals surface area contributed by atoms with Gasteiger partial charge in [0, 0.05) is 18.2 Å². The minimum absolute atomic E-state index is 0.0819. The van der Waals surface area contributed by atoms with Gasteiger partial charge < -0.3 is 14.2 Å². The minimum Gasteiger partial charge on any atom is -0.497 e. The van der Waals surface area contributed by atoms with Gasteiger partial charge in [0.25, 0.3) is 0 Å². The Bertz CT molecular complexity index is 982. The third kappa shape index (κ3) is 4.53. The van der Waals surface area contributed by atoms with Crippen molar-refractivity contribution in [2.24, 2.45) is 0 Å². The molecule has 3 aromatic rings. The molecule has 0 unspecified atom stereocenters. The summed E-state index contributed by atoms with van der Waals surface area (Å²) < 4.78 is 23.9. The van der Waals surface area contributed by atoms with Crippen LogP contribution in [0.1, 0.15) is 43.0 Å². The van der Waals surface area contributed by atoms with Gasteiger partial charge in [0.2, 0.25) is 5.91 Å². The second-order valence-electron chi connectivity index (χ2n) is 7.60. The molecule has 0 aliphatic carbocycles. The molecule has 1 aliphatic heterocycles. The molecule has 156 valence electrons. The number of carbonyl (C=O) groups is 1. The number of hydrogen-bond acceptors (Lipinski definition) is 4. The van der Waals surface area contributed by atoms with Crippen molar-refractivity contribution in [1.29, 1.82) is 0 Å². The molecule has 0 spiro atoms. The summed E-state index contributed by atoms with van der Waals surface area (Å²) in [4.78, 5) is 15.1. The van der Waals surface area contributed by atoms with Crippen LogP contribution in [-0.4, -0.2) is 29.6 Å². The maximum Gasteiger partial charge on any atom is 0.227 e. The lowest BCUT2D eigenvalue weighted by Gasteiger charge is -2.28. The van der Waals surface area contributed by atoms with Crippen molar-refractivity contribution >= 4 is 5.91 Å². The minimum atomic E-state index is -0.294. The second-order valence-corrected chi connectivity index (χ2v) is 7.60. The van der Waals surface area contributed by atoms with Crippen LogP contribution in [0.2, 0.25) is 0 Å². The number of likely N-dealkylation sites (tertiary alicyclic amines) is 1. The maximum absolute atomic E-state index is 13.2. The smallest absolute Gasteiger partial charge is 0.227 e. The number of hydrogen-bond donors (Lipinski definition) is 0. The first kappa shape index (κ1) is 20.1. The third-order valence-electron chi connectivity index (χ3n) is 5.59. The summed E-state index contributed by atoms with van der Waals surface area (Å²) >= 11 is 0. The van der Waals surface area contributed by atoms with Crippen LogP contribution in [0.5, 0.6) is 5.75 Å². The van der Waals surface area contributed by atoms with Gasteiger partial charge in [0.05, 0.1) is 19.6 Å². The summed E-state index contributed by atoms with van der Waals surface area (Å²) in [5, 5.41) is 4.26. The number of methoxy groups -OCH3 is 1.